The number of carboxylic acids is 1. The third-order valence-electron chi connectivity index (χ3n) is 9.86. The monoisotopic (exact) mass is 658 g/mol. The number of likely N-dealkylation sites (tertiary alicyclic amines) is 2. The molecule has 0 atom stereocenters. The van der Waals surface area contributed by atoms with Gasteiger partial charge in [0.25, 0.3) is 0 Å². The topological polar surface area (TPSA) is 78.7 Å². The lowest BCUT2D eigenvalue weighted by molar-refractivity contribution is -0.133. The number of halogens is 1. The SMILES string of the molecule is O=C(O)c1cc2c(s1)c(-c1ccccc1)c(-c1ccc3nc(-c4cccc(F)c4)ccc3c1)n2CC(=O)N1CCC(N2CCCC2)CC1. The summed E-state index contributed by atoms with van der Waals surface area (Å²) in [5.74, 6) is -1.25. The number of piperidine rings is 1. The van der Waals surface area contributed by atoms with Crippen LogP contribution >= 0.6 is 11.3 Å². The second-order valence-corrected chi connectivity index (χ2v) is 13.8. The summed E-state index contributed by atoms with van der Waals surface area (Å²) in [6, 6.07) is 28.6. The highest BCUT2D eigenvalue weighted by Crippen LogP contribution is 2.45. The Labute approximate surface area is 281 Å². The maximum absolute atomic E-state index is 14.1. The molecule has 8 rings (SSSR count). The summed E-state index contributed by atoms with van der Waals surface area (Å²) >= 11 is 1.24. The minimum atomic E-state index is -0.982. The zero-order valence-electron chi connectivity index (χ0n) is 26.4. The number of amides is 1. The lowest BCUT2D eigenvalue weighted by atomic mass is 9.99. The van der Waals surface area contributed by atoms with E-state index < -0.39 is 5.97 Å². The normalized spacial score (nSPS) is 15.9. The number of fused-ring (bicyclic) bond motifs is 2. The summed E-state index contributed by atoms with van der Waals surface area (Å²) in [5.41, 5.74) is 6.54. The molecule has 0 radical (unpaired) electrons. The van der Waals surface area contributed by atoms with Crippen molar-refractivity contribution < 1.29 is 19.1 Å². The van der Waals surface area contributed by atoms with Crippen LogP contribution in [0, 0.1) is 5.82 Å². The van der Waals surface area contributed by atoms with Gasteiger partial charge in [0.15, 0.2) is 0 Å². The van der Waals surface area contributed by atoms with Crippen LogP contribution in [-0.4, -0.2) is 68.6 Å². The maximum atomic E-state index is 14.1. The second-order valence-electron chi connectivity index (χ2n) is 12.8. The number of carboxylic acid groups (broad SMARTS) is 1. The van der Waals surface area contributed by atoms with Gasteiger partial charge >= 0.3 is 5.97 Å². The quantitative estimate of drug-likeness (QED) is 0.187. The van der Waals surface area contributed by atoms with Gasteiger partial charge in [0, 0.05) is 35.6 Å². The third kappa shape index (κ3) is 5.67. The van der Waals surface area contributed by atoms with Crippen LogP contribution < -0.4 is 0 Å². The lowest BCUT2D eigenvalue weighted by Crippen LogP contribution is -2.46. The second kappa shape index (κ2) is 12.6. The molecule has 2 fully saturated rings. The van der Waals surface area contributed by atoms with Crippen LogP contribution in [0.2, 0.25) is 0 Å². The van der Waals surface area contributed by atoms with Gasteiger partial charge in [-0.25, -0.2) is 14.2 Å². The summed E-state index contributed by atoms with van der Waals surface area (Å²) in [6.45, 7) is 3.87. The van der Waals surface area contributed by atoms with Crippen molar-refractivity contribution in [2.75, 3.05) is 26.2 Å². The van der Waals surface area contributed by atoms with Gasteiger partial charge in [-0.3, -0.25) is 4.79 Å². The highest BCUT2D eigenvalue weighted by molar-refractivity contribution is 7.21. The zero-order valence-corrected chi connectivity index (χ0v) is 27.3. The number of aromatic carboxylic acids is 1. The van der Waals surface area contributed by atoms with E-state index in [0.29, 0.717) is 17.3 Å². The van der Waals surface area contributed by atoms with Crippen LogP contribution in [0.5, 0.6) is 0 Å². The summed E-state index contributed by atoms with van der Waals surface area (Å²) in [6.07, 6.45) is 4.47. The van der Waals surface area contributed by atoms with Gasteiger partial charge < -0.3 is 19.5 Å². The van der Waals surface area contributed by atoms with Crippen molar-refractivity contribution in [3.05, 3.63) is 102 Å². The van der Waals surface area contributed by atoms with E-state index in [-0.39, 0.29) is 23.1 Å². The number of carbonyl (C=O) groups excluding carboxylic acids is 1. The van der Waals surface area contributed by atoms with E-state index in [1.165, 1.54) is 36.3 Å². The Morgan fingerprint density at radius 1 is 0.833 bits per heavy atom. The van der Waals surface area contributed by atoms with E-state index in [0.717, 1.165) is 82.5 Å². The summed E-state index contributed by atoms with van der Waals surface area (Å²) < 4.78 is 16.8. The molecule has 3 aromatic carbocycles. The van der Waals surface area contributed by atoms with E-state index in [9.17, 15) is 19.1 Å². The minimum Gasteiger partial charge on any atom is -0.477 e. The molecule has 0 unspecified atom stereocenters. The summed E-state index contributed by atoms with van der Waals surface area (Å²) in [4.78, 5) is 35.9. The molecule has 3 aromatic heterocycles. The average molecular weight is 659 g/mol. The van der Waals surface area contributed by atoms with E-state index in [2.05, 4.69) is 11.0 Å². The van der Waals surface area contributed by atoms with E-state index in [1.807, 2.05) is 70.1 Å². The Morgan fingerprint density at radius 2 is 1.60 bits per heavy atom. The molecule has 0 aliphatic carbocycles. The first-order valence-electron chi connectivity index (χ1n) is 16.6. The lowest BCUT2D eigenvalue weighted by Gasteiger charge is -2.36. The molecule has 48 heavy (non-hydrogen) atoms. The molecular formula is C39H35FN4O3S. The fourth-order valence-electron chi connectivity index (χ4n) is 7.47. The number of hydrogen-bond acceptors (Lipinski definition) is 5. The number of hydrogen-bond donors (Lipinski definition) is 1. The molecule has 2 aliphatic rings. The average Bonchev–Trinajstić information content (AvgIpc) is 3.86. The zero-order chi connectivity index (χ0) is 32.8. The van der Waals surface area contributed by atoms with E-state index >= 15 is 0 Å². The van der Waals surface area contributed by atoms with E-state index in [4.69, 9.17) is 4.98 Å². The van der Waals surface area contributed by atoms with Gasteiger partial charge in [0.05, 0.1) is 27.1 Å². The fourth-order valence-corrected chi connectivity index (χ4v) is 8.54. The Morgan fingerprint density at radius 3 is 2.35 bits per heavy atom. The number of rotatable bonds is 7. The first kappa shape index (κ1) is 30.5. The minimum absolute atomic E-state index is 0.0397. The van der Waals surface area contributed by atoms with Crippen molar-refractivity contribution in [2.45, 2.75) is 38.3 Å². The van der Waals surface area contributed by atoms with Crippen molar-refractivity contribution in [1.29, 1.82) is 0 Å². The molecular weight excluding hydrogens is 624 g/mol. The van der Waals surface area contributed by atoms with Gasteiger partial charge in [0.1, 0.15) is 17.2 Å². The number of nitrogens with zero attached hydrogens (tertiary/aromatic N) is 4. The molecule has 2 aliphatic heterocycles. The summed E-state index contributed by atoms with van der Waals surface area (Å²) in [7, 11) is 0. The van der Waals surface area contributed by atoms with Gasteiger partial charge in [0.2, 0.25) is 5.91 Å². The van der Waals surface area contributed by atoms with Crippen LogP contribution in [0.3, 0.4) is 0 Å². The number of aromatic nitrogens is 2. The molecule has 1 amide bonds. The molecule has 9 heteroatoms. The number of benzene rings is 3. The highest BCUT2D eigenvalue weighted by Gasteiger charge is 2.30. The molecule has 0 spiro atoms. The molecule has 1 N–H and O–H groups in total. The molecule has 7 nitrogen and oxygen atoms in total. The van der Waals surface area contributed by atoms with Crippen LogP contribution in [0.4, 0.5) is 4.39 Å². The van der Waals surface area contributed by atoms with Gasteiger partial charge in [-0.2, -0.15) is 0 Å². The molecule has 6 aromatic rings. The number of carbonyl (C=O) groups is 2. The Bertz CT molecular complexity index is 2160. The van der Waals surface area contributed by atoms with Crippen molar-refractivity contribution in [3.8, 4) is 33.6 Å². The Balaban J connectivity index is 1.22. The van der Waals surface area contributed by atoms with Crippen LogP contribution in [0.15, 0.2) is 91.0 Å². The Hall–Kier alpha value is -4.86. The first-order chi connectivity index (χ1) is 23.4. The van der Waals surface area contributed by atoms with Crippen molar-refractivity contribution in [2.24, 2.45) is 0 Å². The smallest absolute Gasteiger partial charge is 0.345 e. The first-order valence-corrected chi connectivity index (χ1v) is 17.4. The Kier molecular flexibility index (Phi) is 8.02. The number of thiophene rings is 1. The van der Waals surface area contributed by atoms with Crippen LogP contribution in [0.25, 0.3) is 54.8 Å². The molecule has 242 valence electrons. The van der Waals surface area contributed by atoms with Crippen molar-refractivity contribution >= 4 is 44.3 Å². The largest absolute Gasteiger partial charge is 0.477 e. The predicted octanol–water partition coefficient (Wildman–Crippen LogP) is 8.18. The highest BCUT2D eigenvalue weighted by atomic mass is 32.1. The number of pyridine rings is 1. The van der Waals surface area contributed by atoms with Crippen LogP contribution in [-0.2, 0) is 11.3 Å². The van der Waals surface area contributed by atoms with Crippen LogP contribution in [0.1, 0.15) is 35.4 Å². The van der Waals surface area contributed by atoms with Gasteiger partial charge in [-0.1, -0.05) is 54.6 Å². The van der Waals surface area contributed by atoms with Gasteiger partial charge in [-0.15, -0.1) is 11.3 Å². The standard InChI is InChI=1S/C39H35FN4O3S/c40-29-10-6-9-26(22-29)31-13-11-27-21-28(12-14-32(27)41-31)37-36(25-7-2-1-3-8-25)38-33(23-34(48-38)39(46)47)44(37)24-35(45)43-19-15-30(16-20-43)42-17-4-5-18-42/h1-3,6-14,21-23,30H,4-5,15-20,24H2,(H,46,47). The third-order valence-corrected chi connectivity index (χ3v) is 11.0. The van der Waals surface area contributed by atoms with Crippen molar-refractivity contribution in [3.63, 3.8) is 0 Å². The molecule has 2 saturated heterocycles. The maximum Gasteiger partial charge on any atom is 0.345 e. The van der Waals surface area contributed by atoms with Crippen molar-refractivity contribution in [1.82, 2.24) is 19.4 Å². The van der Waals surface area contributed by atoms with E-state index in [1.54, 1.807) is 12.1 Å². The summed E-state index contributed by atoms with van der Waals surface area (Å²) in [5, 5.41) is 10.9. The predicted molar refractivity (Wildman–Crippen MR) is 189 cm³/mol. The molecule has 0 saturated carbocycles. The molecule has 5 heterocycles. The van der Waals surface area contributed by atoms with Gasteiger partial charge in [-0.05, 0) is 86.3 Å². The fraction of sp³-hybridized carbons (Fsp3) is 0.256. The molecule has 0 bridgehead atoms.